The van der Waals surface area contributed by atoms with Crippen LogP contribution in [0.15, 0.2) is 33.5 Å². The molecule has 0 aliphatic carbocycles. The molecular weight excluding hydrogens is 324 g/mol. The summed E-state index contributed by atoms with van der Waals surface area (Å²) in [6.07, 6.45) is 3.64. The van der Waals surface area contributed by atoms with Crippen molar-refractivity contribution in [3.05, 3.63) is 40.1 Å². The highest BCUT2D eigenvalue weighted by Gasteiger charge is 2.27. The summed E-state index contributed by atoms with van der Waals surface area (Å²) < 4.78 is 16.9. The maximum atomic E-state index is 12.9. The Kier molecular flexibility index (Phi) is 3.03. The third-order valence-corrected chi connectivity index (χ3v) is 4.26. The van der Waals surface area contributed by atoms with Crippen molar-refractivity contribution in [2.45, 2.75) is 19.4 Å². The molecule has 0 radical (unpaired) electrons. The van der Waals surface area contributed by atoms with Crippen molar-refractivity contribution >= 4 is 28.0 Å². The molecule has 6 nitrogen and oxygen atoms in total. The van der Waals surface area contributed by atoms with Crippen LogP contribution in [-0.4, -0.2) is 22.9 Å². The molecule has 0 bridgehead atoms. The van der Waals surface area contributed by atoms with E-state index in [4.69, 9.17) is 13.9 Å². The van der Waals surface area contributed by atoms with Crippen LogP contribution >= 0.6 is 0 Å². The van der Waals surface area contributed by atoms with E-state index in [2.05, 4.69) is 0 Å². The molecule has 4 rings (SSSR count). The van der Waals surface area contributed by atoms with Crippen LogP contribution in [0.5, 0.6) is 23.0 Å². The number of aromatic hydroxyl groups is 2. The molecule has 128 valence electrons. The van der Waals surface area contributed by atoms with Gasteiger partial charge in [-0.05, 0) is 38.1 Å². The number of hydrogen-bond donors (Lipinski definition) is 2. The van der Waals surface area contributed by atoms with Crippen molar-refractivity contribution in [1.29, 1.82) is 0 Å². The van der Waals surface area contributed by atoms with Gasteiger partial charge in [-0.2, -0.15) is 0 Å². The first-order valence-corrected chi connectivity index (χ1v) is 7.73. The molecule has 0 saturated heterocycles. The molecule has 0 spiro atoms. The minimum Gasteiger partial charge on any atom is -0.507 e. The number of benzene rings is 2. The van der Waals surface area contributed by atoms with Crippen LogP contribution in [0, 0.1) is 0 Å². The Bertz CT molecular complexity index is 1120. The predicted molar refractivity (Wildman–Crippen MR) is 93.6 cm³/mol. The van der Waals surface area contributed by atoms with Gasteiger partial charge in [-0.1, -0.05) is 0 Å². The molecule has 0 saturated carbocycles. The van der Waals surface area contributed by atoms with Gasteiger partial charge >= 0.3 is 0 Å². The summed E-state index contributed by atoms with van der Waals surface area (Å²) in [7, 11) is 1.38. The largest absolute Gasteiger partial charge is 0.507 e. The highest BCUT2D eigenvalue weighted by molar-refractivity contribution is 6.00. The molecule has 2 heterocycles. The standard InChI is InChI=1S/C19H16O6/c1-19(2)7-6-9-13(25-19)8-12(21)14-15(22)10-4-5-11(20)18(23-3)17(10)24-16(9)14/h4-8,20-21H,1-3H3. The van der Waals surface area contributed by atoms with Crippen LogP contribution in [-0.2, 0) is 0 Å². The number of phenols is 2. The van der Waals surface area contributed by atoms with Crippen molar-refractivity contribution in [2.75, 3.05) is 7.11 Å². The first-order chi connectivity index (χ1) is 11.8. The van der Waals surface area contributed by atoms with Gasteiger partial charge in [0.15, 0.2) is 16.9 Å². The lowest BCUT2D eigenvalue weighted by molar-refractivity contribution is 0.158. The van der Waals surface area contributed by atoms with Gasteiger partial charge in [0.2, 0.25) is 11.2 Å². The topological polar surface area (TPSA) is 89.1 Å². The molecule has 0 unspecified atom stereocenters. The second-order valence-corrected chi connectivity index (χ2v) is 6.48. The Morgan fingerprint density at radius 3 is 2.60 bits per heavy atom. The molecule has 3 aromatic rings. The van der Waals surface area contributed by atoms with E-state index in [1.54, 1.807) is 6.08 Å². The van der Waals surface area contributed by atoms with Crippen LogP contribution < -0.4 is 14.9 Å². The Morgan fingerprint density at radius 2 is 1.88 bits per heavy atom. The zero-order chi connectivity index (χ0) is 17.9. The summed E-state index contributed by atoms with van der Waals surface area (Å²) in [6, 6.07) is 4.21. The summed E-state index contributed by atoms with van der Waals surface area (Å²) in [5, 5.41) is 20.6. The Balaban J connectivity index is 2.21. The second-order valence-electron chi connectivity index (χ2n) is 6.48. The summed E-state index contributed by atoms with van der Waals surface area (Å²) in [4.78, 5) is 12.9. The molecule has 1 aliphatic heterocycles. The number of hydrogen-bond acceptors (Lipinski definition) is 6. The Labute approximate surface area is 142 Å². The van der Waals surface area contributed by atoms with Crippen molar-refractivity contribution in [2.24, 2.45) is 0 Å². The average Bonchev–Trinajstić information content (AvgIpc) is 2.53. The minimum absolute atomic E-state index is 0.0620. The van der Waals surface area contributed by atoms with Gasteiger partial charge in [0.1, 0.15) is 22.5 Å². The number of phenolic OH excluding ortho intramolecular Hbond substituents is 2. The predicted octanol–water partition coefficient (Wildman–Crippen LogP) is 3.55. The SMILES string of the molecule is COc1c(O)ccc2c(=O)c3c(O)cc4c(c3oc12)C=CC(C)(C)O4. The first kappa shape index (κ1) is 15.4. The smallest absolute Gasteiger partial charge is 0.204 e. The van der Waals surface area contributed by atoms with E-state index in [1.807, 2.05) is 19.9 Å². The molecule has 1 aromatic heterocycles. The summed E-state index contributed by atoms with van der Waals surface area (Å²) in [5.74, 6) is 0.121. The van der Waals surface area contributed by atoms with Crippen molar-refractivity contribution in [3.63, 3.8) is 0 Å². The fourth-order valence-electron chi connectivity index (χ4n) is 3.07. The number of methoxy groups -OCH3 is 1. The van der Waals surface area contributed by atoms with Crippen molar-refractivity contribution < 1.29 is 24.1 Å². The molecule has 6 heteroatoms. The first-order valence-electron chi connectivity index (χ1n) is 7.73. The van der Waals surface area contributed by atoms with E-state index < -0.39 is 11.0 Å². The third kappa shape index (κ3) is 2.14. The molecule has 0 atom stereocenters. The van der Waals surface area contributed by atoms with Crippen LogP contribution in [0.3, 0.4) is 0 Å². The third-order valence-electron chi connectivity index (χ3n) is 4.26. The normalized spacial score (nSPS) is 15.2. The quantitative estimate of drug-likeness (QED) is 0.659. The second kappa shape index (κ2) is 4.92. The van der Waals surface area contributed by atoms with E-state index >= 15 is 0 Å². The van der Waals surface area contributed by atoms with Gasteiger partial charge in [-0.15, -0.1) is 0 Å². The zero-order valence-electron chi connectivity index (χ0n) is 13.9. The summed E-state index contributed by atoms with van der Waals surface area (Å²) >= 11 is 0. The van der Waals surface area contributed by atoms with Gasteiger partial charge in [0.05, 0.1) is 18.1 Å². The molecule has 2 aromatic carbocycles. The highest BCUT2D eigenvalue weighted by atomic mass is 16.5. The highest BCUT2D eigenvalue weighted by Crippen LogP contribution is 2.42. The summed E-state index contributed by atoms with van der Waals surface area (Å²) in [6.45, 7) is 3.76. The van der Waals surface area contributed by atoms with E-state index in [9.17, 15) is 15.0 Å². The van der Waals surface area contributed by atoms with Crippen molar-refractivity contribution in [3.8, 4) is 23.0 Å². The molecule has 1 aliphatic rings. The lowest BCUT2D eigenvalue weighted by Gasteiger charge is -2.28. The molecular formula is C19H16O6. The zero-order valence-corrected chi connectivity index (χ0v) is 13.9. The van der Waals surface area contributed by atoms with Crippen LogP contribution in [0.25, 0.3) is 28.0 Å². The van der Waals surface area contributed by atoms with Gasteiger partial charge in [-0.3, -0.25) is 4.79 Å². The maximum absolute atomic E-state index is 12.9. The fourth-order valence-corrected chi connectivity index (χ4v) is 3.07. The number of fused-ring (bicyclic) bond motifs is 4. The Hall–Kier alpha value is -3.15. The van der Waals surface area contributed by atoms with E-state index in [0.717, 1.165) is 0 Å². The fraction of sp³-hybridized carbons (Fsp3) is 0.211. The van der Waals surface area contributed by atoms with Crippen LogP contribution in [0.1, 0.15) is 19.4 Å². The monoisotopic (exact) mass is 340 g/mol. The molecule has 0 fully saturated rings. The molecule has 0 amide bonds. The number of ether oxygens (including phenoxy) is 2. The van der Waals surface area contributed by atoms with Crippen LogP contribution in [0.2, 0.25) is 0 Å². The lowest BCUT2D eigenvalue weighted by atomic mass is 9.99. The van der Waals surface area contributed by atoms with Gasteiger partial charge in [0, 0.05) is 6.07 Å². The minimum atomic E-state index is -0.541. The summed E-state index contributed by atoms with van der Waals surface area (Å²) in [5.41, 5.74) is -0.0981. The molecule has 2 N–H and O–H groups in total. The van der Waals surface area contributed by atoms with Crippen molar-refractivity contribution in [1.82, 2.24) is 0 Å². The van der Waals surface area contributed by atoms with Gasteiger partial charge < -0.3 is 24.1 Å². The average molecular weight is 340 g/mol. The van der Waals surface area contributed by atoms with Gasteiger partial charge in [0.25, 0.3) is 0 Å². The lowest BCUT2D eigenvalue weighted by Crippen LogP contribution is -2.27. The Morgan fingerprint density at radius 1 is 1.12 bits per heavy atom. The van der Waals surface area contributed by atoms with E-state index in [-0.39, 0.29) is 39.2 Å². The van der Waals surface area contributed by atoms with Gasteiger partial charge in [-0.25, -0.2) is 0 Å². The number of rotatable bonds is 1. The van der Waals surface area contributed by atoms with Crippen LogP contribution in [0.4, 0.5) is 0 Å². The maximum Gasteiger partial charge on any atom is 0.204 e. The van der Waals surface area contributed by atoms with E-state index in [1.165, 1.54) is 25.3 Å². The molecule has 25 heavy (non-hydrogen) atoms. The van der Waals surface area contributed by atoms with E-state index in [0.29, 0.717) is 11.3 Å².